The Morgan fingerprint density at radius 3 is 2.28 bits per heavy atom. The Balaban J connectivity index is 1.35. The summed E-state index contributed by atoms with van der Waals surface area (Å²) in [5.41, 5.74) is 0.838. The molecule has 0 aliphatic carbocycles. The molecule has 2 fully saturated rings. The molecular formula is C26H33FN2O3. The Morgan fingerprint density at radius 2 is 1.62 bits per heavy atom. The zero-order valence-electron chi connectivity index (χ0n) is 18.7. The largest absolute Gasteiger partial charge is 0.492 e. The summed E-state index contributed by atoms with van der Waals surface area (Å²) in [7, 11) is 0. The topological polar surface area (TPSA) is 50.8 Å². The fourth-order valence-electron chi connectivity index (χ4n) is 4.67. The van der Waals surface area contributed by atoms with Crippen LogP contribution < -0.4 is 10.1 Å². The fraction of sp³-hybridized carbons (Fsp3) is 0.500. The van der Waals surface area contributed by atoms with Crippen LogP contribution in [-0.2, 0) is 14.9 Å². The highest BCUT2D eigenvalue weighted by Crippen LogP contribution is 2.36. The highest BCUT2D eigenvalue weighted by molar-refractivity contribution is 5.99. The summed E-state index contributed by atoms with van der Waals surface area (Å²) in [6.45, 7) is 4.95. The van der Waals surface area contributed by atoms with E-state index < -0.39 is 5.41 Å². The molecule has 32 heavy (non-hydrogen) atoms. The third-order valence-electron chi connectivity index (χ3n) is 6.66. The Morgan fingerprint density at radius 1 is 0.969 bits per heavy atom. The zero-order chi connectivity index (χ0) is 22.2. The van der Waals surface area contributed by atoms with Gasteiger partial charge < -0.3 is 14.8 Å². The van der Waals surface area contributed by atoms with Gasteiger partial charge >= 0.3 is 0 Å². The molecule has 5 nitrogen and oxygen atoms in total. The molecule has 1 N–H and O–H groups in total. The van der Waals surface area contributed by atoms with Gasteiger partial charge in [0, 0.05) is 25.4 Å². The normalized spacial score (nSPS) is 19.2. The molecule has 0 atom stereocenters. The second kappa shape index (κ2) is 10.9. The van der Waals surface area contributed by atoms with Crippen LogP contribution in [0.5, 0.6) is 5.75 Å². The van der Waals surface area contributed by atoms with Gasteiger partial charge in [0.05, 0.1) is 5.41 Å². The maximum absolute atomic E-state index is 13.4. The van der Waals surface area contributed by atoms with Gasteiger partial charge in [-0.2, -0.15) is 0 Å². The number of amides is 1. The SMILES string of the molecule is O=C(Nc1ccc(OCCN2CCCCCC2)cc1)C1(c2ccc(F)cc2)CCOCC1. The molecule has 4 rings (SSSR count). The summed E-state index contributed by atoms with van der Waals surface area (Å²) in [6, 6.07) is 13.8. The van der Waals surface area contributed by atoms with Gasteiger partial charge in [-0.05, 0) is 80.7 Å². The minimum absolute atomic E-state index is 0.0813. The van der Waals surface area contributed by atoms with E-state index in [2.05, 4.69) is 10.2 Å². The van der Waals surface area contributed by atoms with E-state index >= 15 is 0 Å². The number of nitrogens with zero attached hydrogens (tertiary/aromatic N) is 1. The molecule has 1 amide bonds. The first-order valence-corrected chi connectivity index (χ1v) is 11.8. The van der Waals surface area contributed by atoms with Gasteiger partial charge in [-0.3, -0.25) is 9.69 Å². The summed E-state index contributed by atoms with van der Waals surface area (Å²) in [6.07, 6.45) is 6.37. The van der Waals surface area contributed by atoms with Crippen molar-refractivity contribution in [2.45, 2.75) is 43.9 Å². The van der Waals surface area contributed by atoms with Crippen LogP contribution in [0.15, 0.2) is 48.5 Å². The van der Waals surface area contributed by atoms with Crippen molar-refractivity contribution < 1.29 is 18.7 Å². The number of likely N-dealkylation sites (tertiary alicyclic amines) is 1. The lowest BCUT2D eigenvalue weighted by Crippen LogP contribution is -2.44. The average molecular weight is 441 g/mol. The van der Waals surface area contributed by atoms with E-state index in [1.165, 1.54) is 37.8 Å². The van der Waals surface area contributed by atoms with Crippen LogP contribution in [0.4, 0.5) is 10.1 Å². The quantitative estimate of drug-likeness (QED) is 0.674. The van der Waals surface area contributed by atoms with Crippen LogP contribution in [0.25, 0.3) is 0 Å². The summed E-state index contributed by atoms with van der Waals surface area (Å²) in [4.78, 5) is 15.8. The van der Waals surface area contributed by atoms with E-state index in [-0.39, 0.29) is 11.7 Å². The molecule has 2 heterocycles. The maximum atomic E-state index is 13.4. The van der Waals surface area contributed by atoms with Crippen LogP contribution >= 0.6 is 0 Å². The Kier molecular flexibility index (Phi) is 7.76. The lowest BCUT2D eigenvalue weighted by molar-refractivity contribution is -0.125. The third-order valence-corrected chi connectivity index (χ3v) is 6.66. The van der Waals surface area contributed by atoms with Gasteiger partial charge in [-0.1, -0.05) is 25.0 Å². The molecule has 172 valence electrons. The Bertz CT molecular complexity index is 856. The highest BCUT2D eigenvalue weighted by atomic mass is 19.1. The number of rotatable bonds is 7. The van der Waals surface area contributed by atoms with Crippen molar-refractivity contribution in [3.63, 3.8) is 0 Å². The predicted molar refractivity (Wildman–Crippen MR) is 124 cm³/mol. The molecule has 2 aromatic carbocycles. The lowest BCUT2D eigenvalue weighted by atomic mass is 9.73. The lowest BCUT2D eigenvalue weighted by Gasteiger charge is -2.36. The van der Waals surface area contributed by atoms with Crippen molar-refractivity contribution in [3.8, 4) is 5.75 Å². The summed E-state index contributed by atoms with van der Waals surface area (Å²) >= 11 is 0. The molecule has 0 unspecified atom stereocenters. The molecule has 2 saturated heterocycles. The predicted octanol–water partition coefficient (Wildman–Crippen LogP) is 4.77. The van der Waals surface area contributed by atoms with E-state index in [0.717, 1.165) is 36.6 Å². The van der Waals surface area contributed by atoms with Gasteiger partial charge in [-0.25, -0.2) is 4.39 Å². The van der Waals surface area contributed by atoms with Crippen LogP contribution in [-0.4, -0.2) is 50.3 Å². The van der Waals surface area contributed by atoms with E-state index in [0.29, 0.717) is 32.7 Å². The highest BCUT2D eigenvalue weighted by Gasteiger charge is 2.41. The molecular weight excluding hydrogens is 407 g/mol. The van der Waals surface area contributed by atoms with Crippen molar-refractivity contribution in [1.82, 2.24) is 4.90 Å². The van der Waals surface area contributed by atoms with Gasteiger partial charge in [0.1, 0.15) is 18.2 Å². The second-order valence-electron chi connectivity index (χ2n) is 8.78. The first-order valence-electron chi connectivity index (χ1n) is 11.8. The van der Waals surface area contributed by atoms with Crippen molar-refractivity contribution in [1.29, 1.82) is 0 Å². The molecule has 0 saturated carbocycles. The molecule has 6 heteroatoms. The van der Waals surface area contributed by atoms with Gasteiger partial charge in [-0.15, -0.1) is 0 Å². The van der Waals surface area contributed by atoms with E-state index in [9.17, 15) is 9.18 Å². The van der Waals surface area contributed by atoms with Gasteiger partial charge in [0.25, 0.3) is 0 Å². The molecule has 2 aromatic rings. The Labute approximate surface area is 189 Å². The molecule has 0 spiro atoms. The molecule has 0 radical (unpaired) electrons. The van der Waals surface area contributed by atoms with Crippen LogP contribution in [0.3, 0.4) is 0 Å². The smallest absolute Gasteiger partial charge is 0.235 e. The molecule has 2 aliphatic rings. The number of benzene rings is 2. The van der Waals surface area contributed by atoms with Crippen LogP contribution in [0, 0.1) is 5.82 Å². The zero-order valence-corrected chi connectivity index (χ0v) is 18.7. The van der Waals surface area contributed by atoms with Crippen molar-refractivity contribution >= 4 is 11.6 Å². The molecule has 2 aliphatic heterocycles. The number of carbonyl (C=O) groups is 1. The minimum atomic E-state index is -0.714. The Hall–Kier alpha value is -2.44. The summed E-state index contributed by atoms with van der Waals surface area (Å²) in [5, 5.41) is 3.06. The second-order valence-corrected chi connectivity index (χ2v) is 8.78. The molecule has 0 aromatic heterocycles. The first-order chi connectivity index (χ1) is 15.7. The number of carbonyl (C=O) groups excluding carboxylic acids is 1. The minimum Gasteiger partial charge on any atom is -0.492 e. The van der Waals surface area contributed by atoms with Crippen LogP contribution in [0.2, 0.25) is 0 Å². The number of halogens is 1. The van der Waals surface area contributed by atoms with Crippen LogP contribution in [0.1, 0.15) is 44.1 Å². The van der Waals surface area contributed by atoms with Crippen molar-refractivity contribution in [3.05, 3.63) is 59.9 Å². The first kappa shape index (κ1) is 22.7. The van der Waals surface area contributed by atoms with Crippen molar-refractivity contribution in [2.75, 3.05) is 44.8 Å². The number of anilines is 1. The van der Waals surface area contributed by atoms with Gasteiger partial charge in [0.2, 0.25) is 5.91 Å². The van der Waals surface area contributed by atoms with E-state index in [1.54, 1.807) is 12.1 Å². The average Bonchev–Trinajstić information content (AvgIpc) is 3.10. The maximum Gasteiger partial charge on any atom is 0.235 e. The van der Waals surface area contributed by atoms with Gasteiger partial charge in [0.15, 0.2) is 0 Å². The summed E-state index contributed by atoms with van der Waals surface area (Å²) < 4.78 is 24.9. The molecule has 0 bridgehead atoms. The standard InChI is InChI=1S/C26H33FN2O3/c27-22-7-5-21(6-8-22)26(13-18-31-19-14-26)25(30)28-23-9-11-24(12-10-23)32-20-17-29-15-3-1-2-4-16-29/h5-12H,1-4,13-20H2,(H,28,30). The number of ether oxygens (including phenoxy) is 2. The summed E-state index contributed by atoms with van der Waals surface area (Å²) in [5.74, 6) is 0.419. The number of hydrogen-bond acceptors (Lipinski definition) is 4. The van der Waals surface area contributed by atoms with E-state index in [1.807, 2.05) is 24.3 Å². The van der Waals surface area contributed by atoms with E-state index in [4.69, 9.17) is 9.47 Å². The fourth-order valence-corrected chi connectivity index (χ4v) is 4.67. The third kappa shape index (κ3) is 5.67. The monoisotopic (exact) mass is 440 g/mol. The number of nitrogens with one attached hydrogen (secondary N) is 1. The number of hydrogen-bond donors (Lipinski definition) is 1. The van der Waals surface area contributed by atoms with Crippen molar-refractivity contribution in [2.24, 2.45) is 0 Å².